The van der Waals surface area contributed by atoms with Gasteiger partial charge < -0.3 is 15.2 Å². The van der Waals surface area contributed by atoms with Crippen LogP contribution < -0.4 is 5.32 Å². The van der Waals surface area contributed by atoms with Gasteiger partial charge in [0, 0.05) is 13.0 Å². The minimum Gasteiger partial charge on any atom is -0.513 e. The molecule has 0 saturated heterocycles. The molecular formula is C10H19NO3. The standard InChI is InChI=1S/C10H19NO3/c1-5-8(12)6-7-11-9(13)14-10(2,3)4/h5,12H,6-7H2,1-4H3,(H,11,13). The number of nitrogens with one attached hydrogen (secondary N) is 1. The van der Waals surface area contributed by atoms with Gasteiger partial charge in [-0.2, -0.15) is 0 Å². The molecule has 0 aromatic heterocycles. The lowest BCUT2D eigenvalue weighted by Gasteiger charge is -2.19. The van der Waals surface area contributed by atoms with Crippen molar-refractivity contribution in [2.45, 2.75) is 39.7 Å². The Bertz CT molecular complexity index is 216. The molecule has 0 fully saturated rings. The molecule has 0 bridgehead atoms. The van der Waals surface area contributed by atoms with Gasteiger partial charge in [0.1, 0.15) is 5.60 Å². The number of aliphatic hydroxyl groups excluding tert-OH is 1. The summed E-state index contributed by atoms with van der Waals surface area (Å²) in [6, 6.07) is 0. The molecule has 0 aliphatic heterocycles. The molecule has 0 radical (unpaired) electrons. The maximum atomic E-state index is 11.1. The van der Waals surface area contributed by atoms with E-state index >= 15 is 0 Å². The lowest BCUT2D eigenvalue weighted by molar-refractivity contribution is 0.0527. The zero-order chi connectivity index (χ0) is 11.2. The molecule has 0 spiro atoms. The van der Waals surface area contributed by atoms with Crippen molar-refractivity contribution in [2.75, 3.05) is 6.54 Å². The zero-order valence-electron chi connectivity index (χ0n) is 9.26. The number of ether oxygens (including phenoxy) is 1. The maximum Gasteiger partial charge on any atom is 0.407 e. The highest BCUT2D eigenvalue weighted by Gasteiger charge is 2.15. The summed E-state index contributed by atoms with van der Waals surface area (Å²) in [6.07, 6.45) is 1.56. The molecule has 0 saturated carbocycles. The number of carbonyl (C=O) groups excluding carboxylic acids is 1. The molecular weight excluding hydrogens is 182 g/mol. The molecule has 0 aromatic rings. The second kappa shape index (κ2) is 5.52. The maximum absolute atomic E-state index is 11.1. The van der Waals surface area contributed by atoms with Crippen LogP contribution in [0.2, 0.25) is 0 Å². The lowest BCUT2D eigenvalue weighted by Crippen LogP contribution is -2.33. The van der Waals surface area contributed by atoms with Gasteiger partial charge in [0.2, 0.25) is 0 Å². The summed E-state index contributed by atoms with van der Waals surface area (Å²) in [7, 11) is 0. The molecule has 82 valence electrons. The molecule has 4 heteroatoms. The molecule has 1 amide bonds. The molecule has 2 N–H and O–H groups in total. The Labute approximate surface area is 85.0 Å². The second-order valence-corrected chi connectivity index (χ2v) is 3.96. The molecule has 0 aliphatic rings. The molecule has 0 rings (SSSR count). The predicted molar refractivity (Wildman–Crippen MR) is 55.2 cm³/mol. The highest BCUT2D eigenvalue weighted by atomic mass is 16.6. The smallest absolute Gasteiger partial charge is 0.407 e. The first-order chi connectivity index (χ1) is 6.35. The Balaban J connectivity index is 3.66. The van der Waals surface area contributed by atoms with Crippen LogP contribution in [0.5, 0.6) is 0 Å². The summed E-state index contributed by atoms with van der Waals surface area (Å²) in [5.41, 5.74) is -0.479. The summed E-state index contributed by atoms with van der Waals surface area (Å²) in [4.78, 5) is 11.1. The van der Waals surface area contributed by atoms with E-state index in [1.807, 2.05) is 0 Å². The van der Waals surface area contributed by atoms with Gasteiger partial charge in [-0.3, -0.25) is 0 Å². The van der Waals surface area contributed by atoms with Crippen LogP contribution in [0.15, 0.2) is 11.8 Å². The van der Waals surface area contributed by atoms with E-state index in [-0.39, 0.29) is 5.76 Å². The first-order valence-electron chi connectivity index (χ1n) is 4.66. The van der Waals surface area contributed by atoms with Crippen LogP contribution in [-0.4, -0.2) is 23.3 Å². The van der Waals surface area contributed by atoms with Crippen LogP contribution in [0.1, 0.15) is 34.1 Å². The molecule has 0 aliphatic carbocycles. The average Bonchev–Trinajstić information content (AvgIpc) is 2.00. The number of allylic oxidation sites excluding steroid dienone is 1. The minimum absolute atomic E-state index is 0.265. The van der Waals surface area contributed by atoms with Crippen molar-refractivity contribution in [3.8, 4) is 0 Å². The first-order valence-corrected chi connectivity index (χ1v) is 4.66. The third-order valence-electron chi connectivity index (χ3n) is 1.38. The highest BCUT2D eigenvalue weighted by molar-refractivity contribution is 5.67. The fourth-order valence-electron chi connectivity index (χ4n) is 0.751. The Morgan fingerprint density at radius 2 is 2.07 bits per heavy atom. The largest absolute Gasteiger partial charge is 0.513 e. The summed E-state index contributed by atoms with van der Waals surface area (Å²) in [5, 5.41) is 11.6. The normalized spacial score (nSPS) is 12.4. The third kappa shape index (κ3) is 7.46. The van der Waals surface area contributed by atoms with Gasteiger partial charge in [0.15, 0.2) is 0 Å². The topological polar surface area (TPSA) is 58.6 Å². The van der Waals surface area contributed by atoms with Crippen LogP contribution in [0, 0.1) is 0 Å². The van der Waals surface area contributed by atoms with E-state index in [4.69, 9.17) is 9.84 Å². The highest BCUT2D eigenvalue weighted by Crippen LogP contribution is 2.06. The van der Waals surface area contributed by atoms with Crippen LogP contribution in [-0.2, 0) is 4.74 Å². The van der Waals surface area contributed by atoms with Gasteiger partial charge in [-0.1, -0.05) is 0 Å². The van der Waals surface area contributed by atoms with E-state index in [1.165, 1.54) is 0 Å². The van der Waals surface area contributed by atoms with Crippen molar-refractivity contribution in [3.63, 3.8) is 0 Å². The van der Waals surface area contributed by atoms with E-state index in [9.17, 15) is 4.79 Å². The molecule has 0 unspecified atom stereocenters. The number of rotatable bonds is 3. The van der Waals surface area contributed by atoms with Gasteiger partial charge in [-0.25, -0.2) is 4.79 Å². The van der Waals surface area contributed by atoms with Gasteiger partial charge in [-0.05, 0) is 33.8 Å². The summed E-state index contributed by atoms with van der Waals surface area (Å²) < 4.78 is 5.00. The van der Waals surface area contributed by atoms with Crippen LogP contribution in [0.25, 0.3) is 0 Å². The zero-order valence-corrected chi connectivity index (χ0v) is 9.26. The Kier molecular flexibility index (Phi) is 5.05. The van der Waals surface area contributed by atoms with Gasteiger partial charge in [-0.15, -0.1) is 0 Å². The minimum atomic E-state index is -0.479. The number of carbonyl (C=O) groups is 1. The summed E-state index contributed by atoms with van der Waals surface area (Å²) >= 11 is 0. The molecule has 0 aromatic carbocycles. The predicted octanol–water partition coefficient (Wildman–Crippen LogP) is 2.36. The number of aliphatic hydroxyl groups is 1. The SMILES string of the molecule is CC=C(O)CCNC(=O)OC(C)(C)C. The monoisotopic (exact) mass is 201 g/mol. The van der Waals surface area contributed by atoms with E-state index in [0.29, 0.717) is 13.0 Å². The Hall–Kier alpha value is -1.19. The molecule has 0 heterocycles. The Morgan fingerprint density at radius 3 is 2.50 bits per heavy atom. The number of hydrogen-bond acceptors (Lipinski definition) is 3. The van der Waals surface area contributed by atoms with Crippen molar-refractivity contribution in [2.24, 2.45) is 0 Å². The Morgan fingerprint density at radius 1 is 1.50 bits per heavy atom. The van der Waals surface area contributed by atoms with Crippen LogP contribution in [0.3, 0.4) is 0 Å². The molecule has 4 nitrogen and oxygen atoms in total. The number of hydrogen-bond donors (Lipinski definition) is 2. The van der Waals surface area contributed by atoms with E-state index in [1.54, 1.807) is 33.8 Å². The van der Waals surface area contributed by atoms with Gasteiger partial charge in [0.25, 0.3) is 0 Å². The van der Waals surface area contributed by atoms with Crippen molar-refractivity contribution >= 4 is 6.09 Å². The number of amides is 1. The summed E-state index contributed by atoms with van der Waals surface area (Å²) in [5.74, 6) is 0.265. The third-order valence-corrected chi connectivity index (χ3v) is 1.38. The van der Waals surface area contributed by atoms with E-state index < -0.39 is 11.7 Å². The number of alkyl carbamates (subject to hydrolysis) is 1. The van der Waals surface area contributed by atoms with Crippen molar-refractivity contribution in [1.29, 1.82) is 0 Å². The van der Waals surface area contributed by atoms with E-state index in [2.05, 4.69) is 5.32 Å². The first kappa shape index (κ1) is 12.8. The molecule has 14 heavy (non-hydrogen) atoms. The molecule has 0 atom stereocenters. The fourth-order valence-corrected chi connectivity index (χ4v) is 0.751. The van der Waals surface area contributed by atoms with Crippen LogP contribution >= 0.6 is 0 Å². The van der Waals surface area contributed by atoms with Crippen LogP contribution in [0.4, 0.5) is 4.79 Å². The lowest BCUT2D eigenvalue weighted by atomic mass is 10.2. The summed E-state index contributed by atoms with van der Waals surface area (Å²) in [6.45, 7) is 7.52. The average molecular weight is 201 g/mol. The quantitative estimate of drug-likeness (QED) is 0.689. The van der Waals surface area contributed by atoms with Crippen molar-refractivity contribution < 1.29 is 14.6 Å². The van der Waals surface area contributed by atoms with Crippen molar-refractivity contribution in [1.82, 2.24) is 5.32 Å². The van der Waals surface area contributed by atoms with Gasteiger partial charge >= 0.3 is 6.09 Å². The van der Waals surface area contributed by atoms with Crippen molar-refractivity contribution in [3.05, 3.63) is 11.8 Å². The van der Waals surface area contributed by atoms with Gasteiger partial charge in [0.05, 0.1) is 5.76 Å². The fraction of sp³-hybridized carbons (Fsp3) is 0.700. The second-order valence-electron chi connectivity index (χ2n) is 3.96. The van der Waals surface area contributed by atoms with E-state index in [0.717, 1.165) is 0 Å².